The van der Waals surface area contributed by atoms with Gasteiger partial charge in [0.1, 0.15) is 11.5 Å². The average Bonchev–Trinajstić information content (AvgIpc) is 2.57. The molecule has 0 bridgehead atoms. The zero-order chi connectivity index (χ0) is 20.1. The topological polar surface area (TPSA) is 77.8 Å². The zero-order valence-corrected chi connectivity index (χ0v) is 17.1. The molecule has 0 spiro atoms. The van der Waals surface area contributed by atoms with Crippen LogP contribution < -0.4 is 0 Å². The van der Waals surface area contributed by atoms with Gasteiger partial charge in [-0.2, -0.15) is 0 Å². The van der Waals surface area contributed by atoms with Gasteiger partial charge in [0.25, 0.3) is 0 Å². The smallest absolute Gasteiger partial charge is 0.154 e. The first kappa shape index (κ1) is 19.9. The number of rotatable bonds is 3. The van der Waals surface area contributed by atoms with Crippen molar-refractivity contribution in [1.29, 1.82) is 0 Å². The van der Waals surface area contributed by atoms with Crippen LogP contribution in [-0.4, -0.2) is 27.7 Å². The van der Waals surface area contributed by atoms with Gasteiger partial charge in [0, 0.05) is 12.0 Å². The second-order valence-corrected chi connectivity index (χ2v) is 9.39. The number of carbonyl (C=O) groups excluding carboxylic acids is 1. The fourth-order valence-electron chi connectivity index (χ4n) is 5.78. The lowest BCUT2D eigenvalue weighted by Gasteiger charge is -2.57. The second kappa shape index (κ2) is 6.66. The minimum atomic E-state index is -0.307. The Hall–Kier alpha value is -1.81. The molecule has 2 aliphatic rings. The fraction of sp³-hybridized carbons (Fsp3) is 0.609. The van der Waals surface area contributed by atoms with Crippen LogP contribution in [0.15, 0.2) is 17.2 Å². The summed E-state index contributed by atoms with van der Waals surface area (Å²) in [6, 6.07) is 1.56. The first-order chi connectivity index (χ1) is 12.5. The Labute approximate surface area is 161 Å². The lowest BCUT2D eigenvalue weighted by atomic mass is 9.49. The molecule has 0 saturated heterocycles. The summed E-state index contributed by atoms with van der Waals surface area (Å²) in [6.45, 7) is 10.4. The van der Waals surface area contributed by atoms with E-state index in [4.69, 9.17) is 0 Å². The molecular formula is C23H32O4. The predicted molar refractivity (Wildman–Crippen MR) is 106 cm³/mol. The monoisotopic (exact) mass is 372 g/mol. The van der Waals surface area contributed by atoms with Gasteiger partial charge < -0.3 is 15.3 Å². The van der Waals surface area contributed by atoms with Crippen molar-refractivity contribution < 1.29 is 20.1 Å². The molecule has 0 aliphatic heterocycles. The number of aliphatic hydroxyl groups excluding tert-OH is 1. The van der Waals surface area contributed by atoms with Crippen LogP contribution in [0.2, 0.25) is 0 Å². The van der Waals surface area contributed by atoms with Gasteiger partial charge >= 0.3 is 0 Å². The van der Waals surface area contributed by atoms with Crippen LogP contribution in [-0.2, 0) is 6.42 Å². The van der Waals surface area contributed by atoms with Crippen molar-refractivity contribution in [3.05, 3.63) is 33.9 Å². The molecule has 148 valence electrons. The Kier molecular flexibility index (Phi) is 4.92. The first-order valence-corrected chi connectivity index (χ1v) is 9.90. The minimum Gasteiger partial charge on any atom is -0.508 e. The molecule has 0 radical (unpaired) electrons. The van der Waals surface area contributed by atoms with E-state index < -0.39 is 0 Å². The molecule has 0 unspecified atom stereocenters. The molecule has 4 heteroatoms. The van der Waals surface area contributed by atoms with Crippen molar-refractivity contribution in [3.63, 3.8) is 0 Å². The highest BCUT2D eigenvalue weighted by Crippen LogP contribution is 2.60. The largest absolute Gasteiger partial charge is 0.508 e. The normalized spacial score (nSPS) is 30.1. The maximum absolute atomic E-state index is 11.4. The summed E-state index contributed by atoms with van der Waals surface area (Å²) in [7, 11) is 0. The van der Waals surface area contributed by atoms with Gasteiger partial charge in [0.15, 0.2) is 6.29 Å². The van der Waals surface area contributed by atoms with Crippen LogP contribution in [0, 0.1) is 23.7 Å². The third kappa shape index (κ3) is 2.98. The number of benzene rings is 1. The average molecular weight is 373 g/mol. The molecule has 1 aromatic rings. The molecule has 4 nitrogen and oxygen atoms in total. The Balaban J connectivity index is 2.08. The van der Waals surface area contributed by atoms with E-state index in [0.717, 1.165) is 25.7 Å². The molecule has 1 saturated carbocycles. The third-order valence-electron chi connectivity index (χ3n) is 7.58. The number of carbonyl (C=O) groups is 1. The number of aliphatic hydroxyl groups is 1. The quantitative estimate of drug-likeness (QED) is 0.532. The van der Waals surface area contributed by atoms with Gasteiger partial charge in [-0.1, -0.05) is 31.9 Å². The van der Waals surface area contributed by atoms with Crippen LogP contribution in [0.5, 0.6) is 11.5 Å². The number of fused-ring (bicyclic) bond motifs is 1. The number of phenols is 2. The summed E-state index contributed by atoms with van der Waals surface area (Å²) in [5, 5.41) is 31.7. The van der Waals surface area contributed by atoms with E-state index in [9.17, 15) is 20.1 Å². The maximum Gasteiger partial charge on any atom is 0.154 e. The number of aromatic hydroxyl groups is 2. The van der Waals surface area contributed by atoms with Crippen molar-refractivity contribution in [1.82, 2.24) is 0 Å². The lowest BCUT2D eigenvalue weighted by molar-refractivity contribution is -0.0890. The predicted octanol–water partition coefficient (Wildman–Crippen LogP) is 4.67. The number of hydrogen-bond donors (Lipinski definition) is 3. The van der Waals surface area contributed by atoms with E-state index in [1.165, 1.54) is 11.1 Å². The molecular weight excluding hydrogens is 340 g/mol. The van der Waals surface area contributed by atoms with Crippen molar-refractivity contribution in [2.45, 2.75) is 72.8 Å². The number of phenolic OH excluding ortho intramolecular Hbond substituents is 2. The zero-order valence-electron chi connectivity index (χ0n) is 17.1. The maximum atomic E-state index is 11.4. The number of aldehydes is 1. The highest BCUT2D eigenvalue weighted by Gasteiger charge is 2.53. The van der Waals surface area contributed by atoms with E-state index >= 15 is 0 Å². The Morgan fingerprint density at radius 1 is 1.19 bits per heavy atom. The molecule has 2 aliphatic carbocycles. The van der Waals surface area contributed by atoms with E-state index in [0.29, 0.717) is 29.8 Å². The van der Waals surface area contributed by atoms with Gasteiger partial charge in [0.2, 0.25) is 0 Å². The molecule has 3 atom stereocenters. The summed E-state index contributed by atoms with van der Waals surface area (Å²) >= 11 is 0. The first-order valence-electron chi connectivity index (χ1n) is 9.90. The Morgan fingerprint density at radius 2 is 1.85 bits per heavy atom. The van der Waals surface area contributed by atoms with Crippen molar-refractivity contribution in [3.8, 4) is 11.5 Å². The molecule has 1 fully saturated rings. The highest BCUT2D eigenvalue weighted by molar-refractivity contribution is 5.83. The molecule has 1 aromatic carbocycles. The van der Waals surface area contributed by atoms with Crippen molar-refractivity contribution in [2.24, 2.45) is 16.7 Å². The SMILES string of the molecule is CC1=C(Cc2c(O)cc(C)c(C=O)c2O)[C@@]2(C)CC[C@@H](O)C(C)(C)[C@@H]2CC1. The van der Waals surface area contributed by atoms with Crippen molar-refractivity contribution >= 4 is 6.29 Å². The molecule has 3 rings (SSSR count). The van der Waals surface area contributed by atoms with Crippen LogP contribution >= 0.6 is 0 Å². The van der Waals surface area contributed by atoms with Gasteiger partial charge in [0.05, 0.1) is 11.7 Å². The Bertz CT molecular complexity index is 805. The van der Waals surface area contributed by atoms with Crippen LogP contribution in [0.25, 0.3) is 0 Å². The summed E-state index contributed by atoms with van der Waals surface area (Å²) in [5.41, 5.74) is 3.53. The fourth-order valence-corrected chi connectivity index (χ4v) is 5.78. The van der Waals surface area contributed by atoms with Gasteiger partial charge in [-0.05, 0) is 67.9 Å². The van der Waals surface area contributed by atoms with E-state index in [1.54, 1.807) is 13.0 Å². The molecule has 0 aromatic heterocycles. The summed E-state index contributed by atoms with van der Waals surface area (Å²) in [5.74, 6) is 0.271. The van der Waals surface area contributed by atoms with E-state index in [2.05, 4.69) is 27.7 Å². The molecule has 0 amide bonds. The van der Waals surface area contributed by atoms with Gasteiger partial charge in [-0.15, -0.1) is 0 Å². The Morgan fingerprint density at radius 3 is 2.48 bits per heavy atom. The van der Waals surface area contributed by atoms with Crippen LogP contribution in [0.3, 0.4) is 0 Å². The van der Waals surface area contributed by atoms with Crippen LogP contribution in [0.4, 0.5) is 0 Å². The second-order valence-electron chi connectivity index (χ2n) is 9.39. The highest BCUT2D eigenvalue weighted by atomic mass is 16.3. The lowest BCUT2D eigenvalue weighted by Crippen LogP contribution is -2.52. The summed E-state index contributed by atoms with van der Waals surface area (Å²) in [4.78, 5) is 11.4. The van der Waals surface area contributed by atoms with Crippen molar-refractivity contribution in [2.75, 3.05) is 0 Å². The summed E-state index contributed by atoms with van der Waals surface area (Å²) in [6.07, 6.45) is 4.43. The number of aryl methyl sites for hydroxylation is 1. The van der Waals surface area contributed by atoms with Gasteiger partial charge in [-0.3, -0.25) is 4.79 Å². The van der Waals surface area contributed by atoms with Gasteiger partial charge in [-0.25, -0.2) is 0 Å². The van der Waals surface area contributed by atoms with Crippen LogP contribution in [0.1, 0.15) is 74.9 Å². The molecule has 0 heterocycles. The summed E-state index contributed by atoms with van der Waals surface area (Å²) < 4.78 is 0. The third-order valence-corrected chi connectivity index (χ3v) is 7.58. The standard InChI is InChI=1S/C23H32O4/c1-13-6-7-19-22(3,4)20(26)8-9-23(19,5)17(13)11-15-18(25)10-14(2)16(12-24)21(15)27/h10,12,19-20,25-27H,6-9,11H2,1-5H3/t19-,20+,23+/m0/s1. The minimum absolute atomic E-state index is 0.0386. The van der Waals surface area contributed by atoms with E-state index in [-0.39, 0.29) is 34.0 Å². The molecule has 3 N–H and O–H groups in total. The van der Waals surface area contributed by atoms with E-state index in [1.807, 2.05) is 0 Å². The number of hydrogen-bond acceptors (Lipinski definition) is 4. The molecule has 27 heavy (non-hydrogen) atoms. The number of allylic oxidation sites excluding steroid dienone is 2.